The van der Waals surface area contributed by atoms with E-state index in [1.807, 2.05) is 0 Å². The molecule has 2 aliphatic rings. The largest absolute Gasteiger partial charge is 0.334 e. The molecule has 7 nitrogen and oxygen atoms in total. The van der Waals surface area contributed by atoms with E-state index in [0.29, 0.717) is 27.8 Å². The minimum absolute atomic E-state index is 0.0132. The quantitative estimate of drug-likeness (QED) is 0.582. The first-order valence-electron chi connectivity index (χ1n) is 10.1. The summed E-state index contributed by atoms with van der Waals surface area (Å²) in [6, 6.07) is 5.60. The van der Waals surface area contributed by atoms with Gasteiger partial charge in [-0.1, -0.05) is 12.1 Å². The van der Waals surface area contributed by atoms with E-state index in [9.17, 15) is 22.4 Å². The van der Waals surface area contributed by atoms with Gasteiger partial charge in [0.1, 0.15) is 17.2 Å². The van der Waals surface area contributed by atoms with Crippen molar-refractivity contribution in [2.45, 2.75) is 37.9 Å². The summed E-state index contributed by atoms with van der Waals surface area (Å²) in [4.78, 5) is 32.9. The minimum Gasteiger partial charge on any atom is -0.334 e. The van der Waals surface area contributed by atoms with Crippen molar-refractivity contribution < 1.29 is 17.6 Å². The average molecular weight is 462 g/mol. The van der Waals surface area contributed by atoms with Crippen LogP contribution in [0.25, 0.3) is 21.3 Å². The van der Waals surface area contributed by atoms with Gasteiger partial charge in [0.2, 0.25) is 5.91 Å². The second kappa shape index (κ2) is 7.52. The van der Waals surface area contributed by atoms with Crippen LogP contribution in [0.3, 0.4) is 0 Å². The Morgan fingerprint density at radius 3 is 2.58 bits per heavy atom. The van der Waals surface area contributed by atoms with Crippen molar-refractivity contribution in [3.63, 3.8) is 0 Å². The van der Waals surface area contributed by atoms with Crippen molar-refractivity contribution in [2.75, 3.05) is 11.5 Å². The highest BCUT2D eigenvalue weighted by molar-refractivity contribution is 7.91. The van der Waals surface area contributed by atoms with E-state index in [4.69, 9.17) is 0 Å². The highest BCUT2D eigenvalue weighted by Gasteiger charge is 2.42. The van der Waals surface area contributed by atoms with E-state index in [1.165, 1.54) is 34.4 Å². The number of thiophene rings is 1. The third kappa shape index (κ3) is 3.89. The van der Waals surface area contributed by atoms with Crippen LogP contribution in [0, 0.1) is 5.82 Å². The van der Waals surface area contributed by atoms with Crippen LogP contribution < -0.4 is 5.56 Å². The van der Waals surface area contributed by atoms with Gasteiger partial charge >= 0.3 is 0 Å². The molecule has 1 saturated heterocycles. The Labute approximate surface area is 182 Å². The second-order valence-electron chi connectivity index (χ2n) is 8.10. The molecule has 0 radical (unpaired) electrons. The van der Waals surface area contributed by atoms with Crippen LogP contribution in [0.2, 0.25) is 0 Å². The molecule has 2 fully saturated rings. The SMILES string of the molecule is O=C(Cn1cnc2scc(-c3ccc(F)cc3)c2c1=O)N(C1CC1)[C@@H]1CCS(=O)(=O)C1. The van der Waals surface area contributed by atoms with Crippen LogP contribution in [0.1, 0.15) is 19.3 Å². The van der Waals surface area contributed by atoms with E-state index in [1.54, 1.807) is 22.4 Å². The number of amides is 1. The van der Waals surface area contributed by atoms with Gasteiger partial charge in [-0.05, 0) is 37.0 Å². The lowest BCUT2D eigenvalue weighted by molar-refractivity contribution is -0.134. The summed E-state index contributed by atoms with van der Waals surface area (Å²) in [6.45, 7) is -0.187. The topological polar surface area (TPSA) is 89.3 Å². The van der Waals surface area contributed by atoms with Crippen molar-refractivity contribution in [1.82, 2.24) is 14.5 Å². The van der Waals surface area contributed by atoms with Gasteiger partial charge in [0, 0.05) is 23.0 Å². The van der Waals surface area contributed by atoms with Gasteiger partial charge in [0.05, 0.1) is 23.2 Å². The fraction of sp³-hybridized carbons (Fsp3) is 0.381. The summed E-state index contributed by atoms with van der Waals surface area (Å²) in [6.07, 6.45) is 3.52. The number of aromatic nitrogens is 2. The first kappa shape index (κ1) is 20.3. The molecule has 3 aromatic rings. The Morgan fingerprint density at radius 2 is 1.94 bits per heavy atom. The summed E-state index contributed by atoms with van der Waals surface area (Å²) >= 11 is 1.32. The number of fused-ring (bicyclic) bond motifs is 1. The Bertz CT molecular complexity index is 1330. The van der Waals surface area contributed by atoms with Crippen molar-refractivity contribution in [1.29, 1.82) is 0 Å². The zero-order valence-electron chi connectivity index (χ0n) is 16.5. The molecule has 0 N–H and O–H groups in total. The number of nitrogens with zero attached hydrogens (tertiary/aromatic N) is 3. The van der Waals surface area contributed by atoms with Gasteiger partial charge in [0.25, 0.3) is 5.56 Å². The second-order valence-corrected chi connectivity index (χ2v) is 11.2. The lowest BCUT2D eigenvalue weighted by atomic mass is 10.1. The zero-order valence-corrected chi connectivity index (χ0v) is 18.2. The van der Waals surface area contributed by atoms with Crippen LogP contribution in [-0.4, -0.2) is 52.4 Å². The molecule has 162 valence electrons. The van der Waals surface area contributed by atoms with Crippen molar-refractivity contribution in [3.05, 3.63) is 52.1 Å². The van der Waals surface area contributed by atoms with Crippen LogP contribution in [0.5, 0.6) is 0 Å². The van der Waals surface area contributed by atoms with E-state index in [0.717, 1.165) is 12.8 Å². The van der Waals surface area contributed by atoms with E-state index in [2.05, 4.69) is 4.98 Å². The zero-order chi connectivity index (χ0) is 21.8. The van der Waals surface area contributed by atoms with Gasteiger partial charge in [-0.15, -0.1) is 11.3 Å². The molecule has 10 heteroatoms. The summed E-state index contributed by atoms with van der Waals surface area (Å²) in [5.74, 6) is -0.539. The summed E-state index contributed by atoms with van der Waals surface area (Å²) in [5, 5.41) is 2.20. The van der Waals surface area contributed by atoms with Gasteiger partial charge < -0.3 is 4.90 Å². The van der Waals surface area contributed by atoms with E-state index >= 15 is 0 Å². The standard InChI is InChI=1S/C21H20FN3O4S2/c22-14-3-1-13(2-4-14)17-10-30-20-19(17)21(27)24(12-23-20)9-18(26)25(15-5-6-15)16-7-8-31(28,29)11-16/h1-4,10,12,15-16H,5-9,11H2/t16-/m1/s1. The normalized spacial score (nSPS) is 20.2. The average Bonchev–Trinajstić information content (AvgIpc) is 3.35. The Morgan fingerprint density at radius 1 is 1.19 bits per heavy atom. The van der Waals surface area contributed by atoms with Crippen LogP contribution in [0.4, 0.5) is 4.39 Å². The van der Waals surface area contributed by atoms with Crippen LogP contribution in [0.15, 0.2) is 40.8 Å². The van der Waals surface area contributed by atoms with E-state index in [-0.39, 0.29) is 47.4 Å². The molecule has 1 amide bonds. The van der Waals surface area contributed by atoms with Gasteiger partial charge in [-0.3, -0.25) is 14.2 Å². The lowest BCUT2D eigenvalue weighted by Crippen LogP contribution is -2.45. The number of hydrogen-bond donors (Lipinski definition) is 0. The van der Waals surface area contributed by atoms with E-state index < -0.39 is 9.84 Å². The molecular weight excluding hydrogens is 441 g/mol. The number of carbonyl (C=O) groups excluding carboxylic acids is 1. The number of halogens is 1. The third-order valence-electron chi connectivity index (χ3n) is 5.85. The van der Waals surface area contributed by atoms with Crippen LogP contribution >= 0.6 is 11.3 Å². The van der Waals surface area contributed by atoms with Crippen LogP contribution in [-0.2, 0) is 21.2 Å². The molecule has 0 spiro atoms. The Kier molecular flexibility index (Phi) is 4.93. The Hall–Kier alpha value is -2.59. The lowest BCUT2D eigenvalue weighted by Gasteiger charge is -2.28. The predicted molar refractivity (Wildman–Crippen MR) is 116 cm³/mol. The highest BCUT2D eigenvalue weighted by atomic mass is 32.2. The maximum absolute atomic E-state index is 13.3. The molecule has 0 bridgehead atoms. The molecule has 3 heterocycles. The number of rotatable bonds is 5. The first-order valence-corrected chi connectivity index (χ1v) is 12.8. The maximum atomic E-state index is 13.3. The molecule has 0 unspecified atom stereocenters. The first-order chi connectivity index (χ1) is 14.8. The number of carbonyl (C=O) groups is 1. The smallest absolute Gasteiger partial charge is 0.263 e. The molecule has 2 aromatic heterocycles. The monoisotopic (exact) mass is 461 g/mol. The maximum Gasteiger partial charge on any atom is 0.263 e. The van der Waals surface area contributed by atoms with Crippen molar-refractivity contribution >= 4 is 37.3 Å². The molecule has 31 heavy (non-hydrogen) atoms. The van der Waals surface area contributed by atoms with Crippen molar-refractivity contribution in [2.24, 2.45) is 0 Å². The molecule has 5 rings (SSSR count). The van der Waals surface area contributed by atoms with Gasteiger partial charge in [0.15, 0.2) is 9.84 Å². The number of hydrogen-bond acceptors (Lipinski definition) is 6. The van der Waals surface area contributed by atoms with Crippen molar-refractivity contribution in [3.8, 4) is 11.1 Å². The number of benzene rings is 1. The van der Waals surface area contributed by atoms with Gasteiger partial charge in [-0.2, -0.15) is 0 Å². The molecular formula is C21H20FN3O4S2. The summed E-state index contributed by atoms with van der Waals surface area (Å²) in [5.41, 5.74) is 1.01. The Balaban J connectivity index is 1.47. The summed E-state index contributed by atoms with van der Waals surface area (Å²) in [7, 11) is -3.12. The third-order valence-corrected chi connectivity index (χ3v) is 8.49. The highest BCUT2D eigenvalue weighted by Crippen LogP contribution is 2.33. The molecule has 1 aromatic carbocycles. The molecule has 1 saturated carbocycles. The molecule has 1 aliphatic carbocycles. The fourth-order valence-electron chi connectivity index (χ4n) is 4.20. The van der Waals surface area contributed by atoms with Gasteiger partial charge in [-0.25, -0.2) is 17.8 Å². The minimum atomic E-state index is -3.12. The number of sulfone groups is 1. The summed E-state index contributed by atoms with van der Waals surface area (Å²) < 4.78 is 38.4. The molecule has 1 atom stereocenters. The fourth-order valence-corrected chi connectivity index (χ4v) is 6.82. The predicted octanol–water partition coefficient (Wildman–Crippen LogP) is 2.44. The molecule has 1 aliphatic heterocycles.